The maximum absolute atomic E-state index is 10.4. The van der Waals surface area contributed by atoms with Crippen LogP contribution in [0.2, 0.25) is 0 Å². The van der Waals surface area contributed by atoms with E-state index in [0.717, 1.165) is 0 Å². The molecular formula is C9H23NO. The molecule has 0 aliphatic carbocycles. The monoisotopic (exact) mass is 161 g/mol. The molecule has 0 bridgehead atoms. The predicted molar refractivity (Wildman–Crippen MR) is 51.6 cm³/mol. The molecule has 0 radical (unpaired) electrons. The molecular weight excluding hydrogens is 138 g/mol. The largest absolute Gasteiger partial charge is 0.359 e. The Morgan fingerprint density at radius 3 is 1.36 bits per heavy atom. The molecule has 0 aliphatic rings. The normalized spacial score (nSPS) is 6.91. The van der Waals surface area contributed by atoms with Crippen molar-refractivity contribution in [1.29, 1.82) is 0 Å². The number of carbonyl (C=O) groups is 1. The zero-order valence-corrected chi connectivity index (χ0v) is 8.99. The Morgan fingerprint density at radius 2 is 1.36 bits per heavy atom. The summed E-state index contributed by atoms with van der Waals surface area (Å²) in [6.45, 7) is 11.7. The molecule has 0 heterocycles. The molecule has 0 aromatic heterocycles. The topological polar surface area (TPSA) is 29.1 Å². The first kappa shape index (κ1) is 16.8. The number of hydrogen-bond donors (Lipinski definition) is 1. The molecule has 0 aromatic carbocycles. The zero-order valence-electron chi connectivity index (χ0n) is 8.99. The standard InChI is InChI=1S/C5H11NO.2C2H6/c1-4(2)5(7)6-3;2*1-2/h4H,1-3H3,(H,6,7);2*1-2H3. The minimum Gasteiger partial charge on any atom is -0.359 e. The molecule has 0 aliphatic heterocycles. The Hall–Kier alpha value is -0.530. The Balaban J connectivity index is -0.000000138. The summed E-state index contributed by atoms with van der Waals surface area (Å²) in [5, 5.41) is 2.53. The molecule has 2 nitrogen and oxygen atoms in total. The average molecular weight is 161 g/mol. The van der Waals surface area contributed by atoms with Crippen LogP contribution in [0.15, 0.2) is 0 Å². The van der Waals surface area contributed by atoms with Crippen LogP contribution in [0.3, 0.4) is 0 Å². The minimum absolute atomic E-state index is 0.0972. The predicted octanol–water partition coefficient (Wildman–Crippen LogP) is 2.44. The third-order valence-electron chi connectivity index (χ3n) is 0.771. The molecule has 0 saturated heterocycles. The lowest BCUT2D eigenvalue weighted by Gasteiger charge is -1.98. The molecule has 2 heteroatoms. The van der Waals surface area contributed by atoms with Crippen LogP contribution in [0.5, 0.6) is 0 Å². The lowest BCUT2D eigenvalue weighted by Crippen LogP contribution is -2.22. The lowest BCUT2D eigenvalue weighted by molar-refractivity contribution is -0.123. The Morgan fingerprint density at radius 1 is 1.09 bits per heavy atom. The van der Waals surface area contributed by atoms with Crippen LogP contribution in [0.25, 0.3) is 0 Å². The Kier molecular flexibility index (Phi) is 24.8. The first-order valence-electron chi connectivity index (χ1n) is 4.40. The summed E-state index contributed by atoms with van der Waals surface area (Å²) in [7, 11) is 1.64. The number of hydrogen-bond acceptors (Lipinski definition) is 1. The van der Waals surface area contributed by atoms with E-state index in [1.807, 2.05) is 41.5 Å². The second-order valence-corrected chi connectivity index (χ2v) is 1.77. The highest BCUT2D eigenvalue weighted by atomic mass is 16.1. The van der Waals surface area contributed by atoms with Crippen LogP contribution >= 0.6 is 0 Å². The molecule has 0 rings (SSSR count). The van der Waals surface area contributed by atoms with Crippen molar-refractivity contribution in [3.63, 3.8) is 0 Å². The fraction of sp³-hybridized carbons (Fsp3) is 0.889. The van der Waals surface area contributed by atoms with Gasteiger partial charge >= 0.3 is 0 Å². The van der Waals surface area contributed by atoms with E-state index in [1.165, 1.54) is 0 Å². The molecule has 1 N–H and O–H groups in total. The van der Waals surface area contributed by atoms with Crippen molar-refractivity contribution in [2.24, 2.45) is 5.92 Å². The van der Waals surface area contributed by atoms with E-state index in [9.17, 15) is 4.79 Å². The highest BCUT2D eigenvalue weighted by molar-refractivity contribution is 5.77. The van der Waals surface area contributed by atoms with Crippen molar-refractivity contribution in [1.82, 2.24) is 5.32 Å². The van der Waals surface area contributed by atoms with Crippen LogP contribution in [0.1, 0.15) is 41.5 Å². The van der Waals surface area contributed by atoms with Gasteiger partial charge in [-0.1, -0.05) is 41.5 Å². The second-order valence-electron chi connectivity index (χ2n) is 1.77. The quantitative estimate of drug-likeness (QED) is 0.629. The maximum Gasteiger partial charge on any atom is 0.222 e. The summed E-state index contributed by atoms with van der Waals surface area (Å²) < 4.78 is 0. The molecule has 0 aromatic rings. The van der Waals surface area contributed by atoms with Crippen molar-refractivity contribution >= 4 is 5.91 Å². The summed E-state index contributed by atoms with van der Waals surface area (Å²) >= 11 is 0. The average Bonchev–Trinajstić information content (AvgIpc) is 2.10. The van der Waals surface area contributed by atoms with E-state index >= 15 is 0 Å². The van der Waals surface area contributed by atoms with Crippen LogP contribution in [0.4, 0.5) is 0 Å². The van der Waals surface area contributed by atoms with Crippen molar-refractivity contribution in [2.45, 2.75) is 41.5 Å². The van der Waals surface area contributed by atoms with E-state index in [4.69, 9.17) is 0 Å². The summed E-state index contributed by atoms with van der Waals surface area (Å²) in [6.07, 6.45) is 0. The van der Waals surface area contributed by atoms with Gasteiger partial charge in [0.25, 0.3) is 0 Å². The fourth-order valence-electron chi connectivity index (χ4n) is 0.289. The molecule has 11 heavy (non-hydrogen) atoms. The van der Waals surface area contributed by atoms with E-state index in [2.05, 4.69) is 5.32 Å². The smallest absolute Gasteiger partial charge is 0.222 e. The van der Waals surface area contributed by atoms with Crippen molar-refractivity contribution in [3.05, 3.63) is 0 Å². The van der Waals surface area contributed by atoms with Crippen LogP contribution < -0.4 is 5.32 Å². The summed E-state index contributed by atoms with van der Waals surface area (Å²) in [6, 6.07) is 0. The highest BCUT2D eigenvalue weighted by Gasteiger charge is 2.00. The molecule has 0 atom stereocenters. The zero-order chi connectivity index (χ0) is 9.86. The van der Waals surface area contributed by atoms with Gasteiger partial charge in [-0.2, -0.15) is 0 Å². The summed E-state index contributed by atoms with van der Waals surface area (Å²) in [5.74, 6) is 0.213. The van der Waals surface area contributed by atoms with Gasteiger partial charge in [-0.25, -0.2) is 0 Å². The number of carbonyl (C=O) groups excluding carboxylic acids is 1. The van der Waals surface area contributed by atoms with Crippen molar-refractivity contribution < 1.29 is 4.79 Å². The maximum atomic E-state index is 10.4. The fourth-order valence-corrected chi connectivity index (χ4v) is 0.289. The molecule has 0 spiro atoms. The second kappa shape index (κ2) is 16.2. The molecule has 1 amide bonds. The van der Waals surface area contributed by atoms with Gasteiger partial charge in [-0.15, -0.1) is 0 Å². The summed E-state index contributed by atoms with van der Waals surface area (Å²) in [5.41, 5.74) is 0. The van der Waals surface area contributed by atoms with Gasteiger partial charge in [0.05, 0.1) is 0 Å². The first-order valence-corrected chi connectivity index (χ1v) is 4.40. The molecule has 0 unspecified atom stereocenters. The van der Waals surface area contributed by atoms with Gasteiger partial charge < -0.3 is 5.32 Å². The van der Waals surface area contributed by atoms with E-state index in [1.54, 1.807) is 7.05 Å². The molecule has 0 saturated carbocycles. The summed E-state index contributed by atoms with van der Waals surface area (Å²) in [4.78, 5) is 10.4. The molecule has 0 fully saturated rings. The van der Waals surface area contributed by atoms with E-state index in [-0.39, 0.29) is 11.8 Å². The Bertz CT molecular complexity index is 70.0. The van der Waals surface area contributed by atoms with Gasteiger partial charge in [0.2, 0.25) is 5.91 Å². The highest BCUT2D eigenvalue weighted by Crippen LogP contribution is 1.87. The van der Waals surface area contributed by atoms with Crippen LogP contribution in [0, 0.1) is 5.92 Å². The number of rotatable bonds is 1. The van der Waals surface area contributed by atoms with Gasteiger partial charge in [-0.05, 0) is 0 Å². The van der Waals surface area contributed by atoms with Crippen LogP contribution in [-0.2, 0) is 4.79 Å². The lowest BCUT2D eigenvalue weighted by atomic mass is 10.2. The van der Waals surface area contributed by atoms with E-state index < -0.39 is 0 Å². The molecule has 70 valence electrons. The van der Waals surface area contributed by atoms with E-state index in [0.29, 0.717) is 0 Å². The Labute approximate surface area is 71.4 Å². The number of amides is 1. The third kappa shape index (κ3) is 17.7. The van der Waals surface area contributed by atoms with Gasteiger partial charge in [0, 0.05) is 13.0 Å². The minimum atomic E-state index is 0.0972. The van der Waals surface area contributed by atoms with Crippen LogP contribution in [-0.4, -0.2) is 13.0 Å². The van der Waals surface area contributed by atoms with Gasteiger partial charge in [-0.3, -0.25) is 4.79 Å². The first-order chi connectivity index (χ1) is 5.18. The SMILES string of the molecule is CC.CC.CNC(=O)C(C)C. The van der Waals surface area contributed by atoms with Gasteiger partial charge in [0.1, 0.15) is 0 Å². The van der Waals surface area contributed by atoms with Crippen molar-refractivity contribution in [2.75, 3.05) is 7.05 Å². The van der Waals surface area contributed by atoms with Gasteiger partial charge in [0.15, 0.2) is 0 Å². The van der Waals surface area contributed by atoms with Crippen molar-refractivity contribution in [3.8, 4) is 0 Å². The third-order valence-corrected chi connectivity index (χ3v) is 0.771. The number of nitrogens with one attached hydrogen (secondary N) is 1.